The van der Waals surface area contributed by atoms with E-state index in [2.05, 4.69) is 20.8 Å². The molecule has 0 bridgehead atoms. The first-order chi connectivity index (χ1) is 7.15. The molecule has 1 rings (SSSR count). The molecule has 0 aromatic rings. The molecule has 0 aromatic heterocycles. The van der Waals surface area contributed by atoms with E-state index < -0.39 is 9.73 Å². The first kappa shape index (κ1) is 14.0. The van der Waals surface area contributed by atoms with Crippen LogP contribution in [0.2, 0.25) is 0 Å². The second kappa shape index (κ2) is 4.67. The van der Waals surface area contributed by atoms with Crippen molar-refractivity contribution in [3.63, 3.8) is 0 Å². The van der Waals surface area contributed by atoms with Crippen LogP contribution in [0.5, 0.6) is 0 Å². The average Bonchev–Trinajstić information content (AvgIpc) is 2.16. The quantitative estimate of drug-likeness (QED) is 0.783. The summed E-state index contributed by atoms with van der Waals surface area (Å²) in [5.41, 5.74) is 0.367. The average molecular weight is 245 g/mol. The van der Waals surface area contributed by atoms with E-state index in [1.807, 2.05) is 13.8 Å². The number of hydrogen-bond acceptors (Lipinski definition) is 2. The minimum Gasteiger partial charge on any atom is -0.252 e. The Kier molecular flexibility index (Phi) is 4.09. The molecule has 1 aliphatic rings. The fraction of sp³-hybridized carbons (Fsp3) is 1.00. The molecular weight excluding hydrogens is 218 g/mol. The topological polar surface area (TPSA) is 40.9 Å². The van der Waals surface area contributed by atoms with E-state index in [0.717, 1.165) is 31.6 Å². The van der Waals surface area contributed by atoms with Gasteiger partial charge in [-0.05, 0) is 37.0 Å². The van der Waals surface area contributed by atoms with Crippen LogP contribution in [0.4, 0.5) is 0 Å². The predicted octanol–water partition coefficient (Wildman–Crippen LogP) is 4.05. The van der Waals surface area contributed by atoms with Gasteiger partial charge in [0.25, 0.3) is 0 Å². The van der Waals surface area contributed by atoms with E-state index in [1.54, 1.807) is 0 Å². The van der Waals surface area contributed by atoms with E-state index in [9.17, 15) is 4.21 Å². The number of nitrogens with one attached hydrogen (secondary N) is 1. The van der Waals surface area contributed by atoms with Gasteiger partial charge in [0.15, 0.2) is 0 Å². The van der Waals surface area contributed by atoms with E-state index in [-0.39, 0.29) is 10.5 Å². The van der Waals surface area contributed by atoms with Crippen LogP contribution in [0.1, 0.15) is 60.3 Å². The lowest BCUT2D eigenvalue weighted by atomic mass is 9.72. The summed E-state index contributed by atoms with van der Waals surface area (Å²) in [4.78, 5) is 0. The fourth-order valence-corrected chi connectivity index (χ4v) is 4.41. The summed E-state index contributed by atoms with van der Waals surface area (Å²) in [6.07, 6.45) is 4.28. The Balaban J connectivity index is 2.63. The van der Waals surface area contributed by atoms with Gasteiger partial charge >= 0.3 is 0 Å². The molecule has 96 valence electrons. The van der Waals surface area contributed by atoms with E-state index >= 15 is 0 Å². The molecule has 1 fully saturated rings. The van der Waals surface area contributed by atoms with Crippen molar-refractivity contribution in [2.24, 2.45) is 11.3 Å². The van der Waals surface area contributed by atoms with Gasteiger partial charge in [-0.2, -0.15) is 0 Å². The first-order valence-corrected chi connectivity index (χ1v) is 8.10. The third-order valence-corrected chi connectivity index (χ3v) is 6.96. The lowest BCUT2D eigenvalue weighted by molar-refractivity contribution is 0.181. The molecule has 1 N–H and O–H groups in total. The summed E-state index contributed by atoms with van der Waals surface area (Å²) >= 11 is 0. The fourth-order valence-electron chi connectivity index (χ4n) is 2.66. The standard InChI is InChI=1S/C13H27NOS/c1-10(2)16(14,15)12-8-6-11(7-9-12)13(3,4)5/h10-12,14H,6-9H2,1-5H3. The summed E-state index contributed by atoms with van der Waals surface area (Å²) in [5.74, 6) is 0.742. The molecule has 0 spiro atoms. The molecular formula is C13H27NOS. The first-order valence-electron chi connectivity index (χ1n) is 6.42. The van der Waals surface area contributed by atoms with Crippen molar-refractivity contribution in [3.8, 4) is 0 Å². The van der Waals surface area contributed by atoms with Crippen LogP contribution >= 0.6 is 0 Å². The van der Waals surface area contributed by atoms with Crippen molar-refractivity contribution >= 4 is 9.73 Å². The monoisotopic (exact) mass is 245 g/mol. The van der Waals surface area contributed by atoms with Crippen molar-refractivity contribution < 1.29 is 4.21 Å². The molecule has 1 saturated carbocycles. The maximum Gasteiger partial charge on any atom is 0.0494 e. The van der Waals surface area contributed by atoms with Crippen LogP contribution < -0.4 is 0 Å². The van der Waals surface area contributed by atoms with Gasteiger partial charge in [0, 0.05) is 20.2 Å². The number of hydrogen-bond donors (Lipinski definition) is 1. The van der Waals surface area contributed by atoms with Crippen LogP contribution in [0, 0.1) is 16.1 Å². The van der Waals surface area contributed by atoms with Crippen molar-refractivity contribution in [3.05, 3.63) is 0 Å². The van der Waals surface area contributed by atoms with Gasteiger partial charge in [-0.3, -0.25) is 4.78 Å². The maximum atomic E-state index is 12.3. The van der Waals surface area contributed by atoms with Gasteiger partial charge in [0.1, 0.15) is 0 Å². The Morgan fingerprint density at radius 1 is 1.12 bits per heavy atom. The van der Waals surface area contributed by atoms with Gasteiger partial charge in [-0.1, -0.05) is 34.6 Å². The molecule has 0 radical (unpaired) electrons. The van der Waals surface area contributed by atoms with Crippen LogP contribution in [0.25, 0.3) is 0 Å². The van der Waals surface area contributed by atoms with Crippen LogP contribution in [0.3, 0.4) is 0 Å². The summed E-state index contributed by atoms with van der Waals surface area (Å²) in [6, 6.07) is 0. The second-order valence-electron chi connectivity index (χ2n) is 6.54. The molecule has 0 amide bonds. The van der Waals surface area contributed by atoms with Crippen molar-refractivity contribution in [1.82, 2.24) is 0 Å². The second-order valence-corrected chi connectivity index (χ2v) is 9.44. The molecule has 16 heavy (non-hydrogen) atoms. The molecule has 0 saturated heterocycles. The lowest BCUT2D eigenvalue weighted by Gasteiger charge is -2.38. The molecule has 0 aliphatic heterocycles. The van der Waals surface area contributed by atoms with Crippen LogP contribution in [-0.2, 0) is 9.73 Å². The molecule has 0 heterocycles. The molecule has 2 nitrogen and oxygen atoms in total. The Hall–Kier alpha value is -0.0500. The zero-order valence-electron chi connectivity index (χ0n) is 11.4. The Morgan fingerprint density at radius 3 is 1.88 bits per heavy atom. The highest BCUT2D eigenvalue weighted by Crippen LogP contribution is 2.40. The Bertz CT molecular complexity index is 316. The minimum atomic E-state index is -2.37. The molecule has 1 unspecified atom stereocenters. The Labute approximate surface area is 101 Å². The van der Waals surface area contributed by atoms with E-state index in [4.69, 9.17) is 4.78 Å². The minimum absolute atomic E-state index is 0.00341. The van der Waals surface area contributed by atoms with Gasteiger partial charge in [0.2, 0.25) is 0 Å². The van der Waals surface area contributed by atoms with Crippen LogP contribution in [-0.4, -0.2) is 14.7 Å². The highest BCUT2D eigenvalue weighted by Gasteiger charge is 2.34. The van der Waals surface area contributed by atoms with Gasteiger partial charge < -0.3 is 0 Å². The SMILES string of the molecule is CC(C)S(=N)(=O)C1CCC(C(C)(C)C)CC1. The van der Waals surface area contributed by atoms with Crippen molar-refractivity contribution in [1.29, 1.82) is 4.78 Å². The summed E-state index contributed by atoms with van der Waals surface area (Å²) in [5, 5.41) is 0.148. The van der Waals surface area contributed by atoms with Crippen LogP contribution in [0.15, 0.2) is 0 Å². The normalized spacial score (nSPS) is 31.4. The highest BCUT2D eigenvalue weighted by atomic mass is 32.2. The summed E-state index contributed by atoms with van der Waals surface area (Å²) in [7, 11) is -2.37. The van der Waals surface area contributed by atoms with Crippen molar-refractivity contribution in [2.45, 2.75) is 70.8 Å². The predicted molar refractivity (Wildman–Crippen MR) is 71.2 cm³/mol. The van der Waals surface area contributed by atoms with Gasteiger partial charge in [-0.15, -0.1) is 0 Å². The highest BCUT2D eigenvalue weighted by molar-refractivity contribution is 7.93. The van der Waals surface area contributed by atoms with Gasteiger partial charge in [-0.25, -0.2) is 4.21 Å². The maximum absolute atomic E-state index is 12.3. The molecule has 1 atom stereocenters. The summed E-state index contributed by atoms with van der Waals surface area (Å²) < 4.78 is 20.3. The zero-order valence-corrected chi connectivity index (χ0v) is 12.2. The molecule has 1 aliphatic carbocycles. The molecule has 0 aromatic carbocycles. The molecule has 3 heteroatoms. The largest absolute Gasteiger partial charge is 0.252 e. The van der Waals surface area contributed by atoms with Crippen molar-refractivity contribution in [2.75, 3.05) is 0 Å². The van der Waals surface area contributed by atoms with E-state index in [1.165, 1.54) is 0 Å². The Morgan fingerprint density at radius 2 is 1.56 bits per heavy atom. The van der Waals surface area contributed by atoms with E-state index in [0.29, 0.717) is 5.41 Å². The zero-order chi connectivity index (χ0) is 12.6. The third-order valence-electron chi connectivity index (χ3n) is 4.09. The lowest BCUT2D eigenvalue weighted by Crippen LogP contribution is -2.34. The smallest absolute Gasteiger partial charge is 0.0494 e. The third kappa shape index (κ3) is 2.99. The number of rotatable bonds is 2. The van der Waals surface area contributed by atoms with Gasteiger partial charge in [0.05, 0.1) is 0 Å². The summed E-state index contributed by atoms with van der Waals surface area (Å²) in [6.45, 7) is 10.7.